The Hall–Kier alpha value is -1.96. The lowest BCUT2D eigenvalue weighted by Gasteiger charge is -2.09. The van der Waals surface area contributed by atoms with Crippen LogP contribution in [0.25, 0.3) is 0 Å². The number of aromatic nitrogens is 2. The molecule has 128 valence electrons. The van der Waals surface area contributed by atoms with Gasteiger partial charge in [-0.1, -0.05) is 35.9 Å². The number of anilines is 2. The Bertz CT molecular complexity index is 915. The molecule has 0 atom stereocenters. The minimum Gasteiger partial charge on any atom is -0.332 e. The van der Waals surface area contributed by atoms with E-state index < -0.39 is 0 Å². The van der Waals surface area contributed by atoms with Gasteiger partial charge < -0.3 is 10.6 Å². The van der Waals surface area contributed by atoms with E-state index in [1.54, 1.807) is 16.8 Å². The quantitative estimate of drug-likeness (QED) is 0.542. The Labute approximate surface area is 163 Å². The molecule has 0 spiro atoms. The fourth-order valence-electron chi connectivity index (χ4n) is 2.20. The summed E-state index contributed by atoms with van der Waals surface area (Å²) in [6.07, 6.45) is 1.83. The van der Waals surface area contributed by atoms with Gasteiger partial charge in [-0.2, -0.15) is 5.10 Å². The number of hydrogen-bond acceptors (Lipinski definition) is 2. The van der Waals surface area contributed by atoms with Crippen LogP contribution in [0.5, 0.6) is 0 Å². The molecule has 0 fully saturated rings. The number of nitrogens with one attached hydrogen (secondary N) is 2. The lowest BCUT2D eigenvalue weighted by Crippen LogP contribution is -2.19. The maximum atomic E-state index is 13.2. The van der Waals surface area contributed by atoms with Gasteiger partial charge >= 0.3 is 0 Å². The van der Waals surface area contributed by atoms with Crippen LogP contribution in [-0.4, -0.2) is 14.9 Å². The van der Waals surface area contributed by atoms with Crippen molar-refractivity contribution >= 4 is 56.4 Å². The van der Waals surface area contributed by atoms with Crippen LogP contribution in [0, 0.1) is 5.82 Å². The summed E-state index contributed by atoms with van der Waals surface area (Å²) < 4.78 is 15.7. The van der Waals surface area contributed by atoms with Gasteiger partial charge in [0.2, 0.25) is 0 Å². The van der Waals surface area contributed by atoms with E-state index >= 15 is 0 Å². The second-order valence-corrected chi connectivity index (χ2v) is 6.87. The zero-order valence-electron chi connectivity index (χ0n) is 12.8. The van der Waals surface area contributed by atoms with Crippen molar-refractivity contribution in [1.82, 2.24) is 9.78 Å². The number of benzene rings is 2. The van der Waals surface area contributed by atoms with Gasteiger partial charge in [0.15, 0.2) is 10.9 Å². The highest BCUT2D eigenvalue weighted by atomic mass is 79.9. The summed E-state index contributed by atoms with van der Waals surface area (Å²) in [6, 6.07) is 13.7. The van der Waals surface area contributed by atoms with Crippen LogP contribution >= 0.6 is 39.7 Å². The molecule has 2 N–H and O–H groups in total. The maximum Gasteiger partial charge on any atom is 0.176 e. The smallest absolute Gasteiger partial charge is 0.176 e. The van der Waals surface area contributed by atoms with E-state index in [9.17, 15) is 4.39 Å². The zero-order valence-corrected chi connectivity index (χ0v) is 16.0. The average molecular weight is 440 g/mol. The van der Waals surface area contributed by atoms with Crippen molar-refractivity contribution in [2.45, 2.75) is 6.54 Å². The van der Waals surface area contributed by atoms with Crippen LogP contribution in [-0.2, 0) is 6.54 Å². The van der Waals surface area contributed by atoms with Gasteiger partial charge in [-0.05, 0) is 58.0 Å². The number of nitrogens with zero attached hydrogens (tertiary/aromatic N) is 2. The fourth-order valence-corrected chi connectivity index (χ4v) is 3.02. The van der Waals surface area contributed by atoms with Gasteiger partial charge in [-0.25, -0.2) is 4.39 Å². The topological polar surface area (TPSA) is 41.9 Å². The van der Waals surface area contributed by atoms with E-state index in [0.29, 0.717) is 28.2 Å². The summed E-state index contributed by atoms with van der Waals surface area (Å²) >= 11 is 14.9. The van der Waals surface area contributed by atoms with Gasteiger partial charge in [-0.3, -0.25) is 4.68 Å². The largest absolute Gasteiger partial charge is 0.332 e. The number of thiocarbonyl (C=S) groups is 1. The molecule has 0 aliphatic heterocycles. The van der Waals surface area contributed by atoms with E-state index in [0.717, 1.165) is 10.0 Å². The first-order valence-electron chi connectivity index (χ1n) is 7.31. The fraction of sp³-hybridized carbons (Fsp3) is 0.0588. The molecule has 1 heterocycles. The van der Waals surface area contributed by atoms with Gasteiger partial charge in [0.1, 0.15) is 5.82 Å². The van der Waals surface area contributed by atoms with Crippen molar-refractivity contribution in [3.05, 3.63) is 75.6 Å². The van der Waals surface area contributed by atoms with Crippen LogP contribution in [0.3, 0.4) is 0 Å². The summed E-state index contributed by atoms with van der Waals surface area (Å²) in [7, 11) is 0. The van der Waals surface area contributed by atoms with Crippen LogP contribution in [0.4, 0.5) is 15.9 Å². The molecule has 0 aliphatic rings. The van der Waals surface area contributed by atoms with Crippen molar-refractivity contribution in [3.8, 4) is 0 Å². The lowest BCUT2D eigenvalue weighted by molar-refractivity contribution is 0.628. The van der Waals surface area contributed by atoms with Crippen molar-refractivity contribution in [1.29, 1.82) is 0 Å². The Morgan fingerprint density at radius 2 is 2.00 bits per heavy atom. The highest BCUT2D eigenvalue weighted by Crippen LogP contribution is 2.23. The van der Waals surface area contributed by atoms with Crippen LogP contribution in [0.15, 0.2) is 59.2 Å². The Balaban J connectivity index is 1.68. The van der Waals surface area contributed by atoms with E-state index in [1.165, 1.54) is 12.1 Å². The minimum absolute atomic E-state index is 0.314. The molecule has 0 unspecified atom stereocenters. The molecular weight excluding hydrogens is 427 g/mol. The van der Waals surface area contributed by atoms with E-state index in [-0.39, 0.29) is 5.82 Å². The van der Waals surface area contributed by atoms with Crippen molar-refractivity contribution in [2.75, 3.05) is 10.6 Å². The molecule has 3 rings (SSSR count). The first-order valence-corrected chi connectivity index (χ1v) is 8.89. The average Bonchev–Trinajstić information content (AvgIpc) is 2.89. The summed E-state index contributed by atoms with van der Waals surface area (Å²) in [5.74, 6) is 0.221. The molecule has 0 aliphatic carbocycles. The third-order valence-electron chi connectivity index (χ3n) is 3.32. The van der Waals surface area contributed by atoms with Crippen LogP contribution in [0.1, 0.15) is 5.56 Å². The van der Waals surface area contributed by atoms with Crippen molar-refractivity contribution < 1.29 is 4.39 Å². The zero-order chi connectivity index (χ0) is 17.8. The van der Waals surface area contributed by atoms with E-state index in [4.69, 9.17) is 23.8 Å². The summed E-state index contributed by atoms with van der Waals surface area (Å²) in [6.45, 7) is 0.532. The molecule has 8 heteroatoms. The predicted octanol–water partition coefficient (Wildman–Crippen LogP) is 5.30. The maximum absolute atomic E-state index is 13.2. The summed E-state index contributed by atoms with van der Waals surface area (Å²) in [5, 5.41) is 11.3. The SMILES string of the molecule is Fc1cccc(NC(=S)Nc2nn(Cc3ccccc3Cl)cc2Br)c1. The Morgan fingerprint density at radius 3 is 2.76 bits per heavy atom. The summed E-state index contributed by atoms with van der Waals surface area (Å²) in [5.41, 5.74) is 1.52. The van der Waals surface area contributed by atoms with Crippen LogP contribution in [0.2, 0.25) is 5.02 Å². The van der Waals surface area contributed by atoms with Crippen molar-refractivity contribution in [3.63, 3.8) is 0 Å². The highest BCUT2D eigenvalue weighted by molar-refractivity contribution is 9.10. The Kier molecular flexibility index (Phi) is 5.67. The van der Waals surface area contributed by atoms with Gasteiger partial charge in [0, 0.05) is 16.9 Å². The van der Waals surface area contributed by atoms with Crippen LogP contribution < -0.4 is 10.6 Å². The highest BCUT2D eigenvalue weighted by Gasteiger charge is 2.10. The standard InChI is InChI=1S/C17H13BrClFN4S/c18-14-10-24(9-11-4-1-2-7-15(11)19)23-16(14)22-17(25)21-13-6-3-5-12(20)8-13/h1-8,10H,9H2,(H2,21,22,23,25). The van der Waals surface area contributed by atoms with Gasteiger partial charge in [-0.15, -0.1) is 0 Å². The molecule has 4 nitrogen and oxygen atoms in total. The first-order chi connectivity index (χ1) is 12.0. The Morgan fingerprint density at radius 1 is 1.20 bits per heavy atom. The first kappa shape index (κ1) is 17.8. The molecule has 2 aromatic carbocycles. The summed E-state index contributed by atoms with van der Waals surface area (Å²) in [4.78, 5) is 0. The molecule has 0 amide bonds. The third-order valence-corrected chi connectivity index (χ3v) is 4.47. The third kappa shape index (κ3) is 4.78. The second kappa shape index (κ2) is 7.95. The molecule has 0 saturated carbocycles. The molecule has 25 heavy (non-hydrogen) atoms. The number of rotatable bonds is 4. The molecule has 0 bridgehead atoms. The monoisotopic (exact) mass is 438 g/mol. The van der Waals surface area contributed by atoms with Gasteiger partial charge in [0.05, 0.1) is 11.0 Å². The van der Waals surface area contributed by atoms with E-state index in [1.807, 2.05) is 30.5 Å². The second-order valence-electron chi connectivity index (χ2n) is 5.20. The predicted molar refractivity (Wildman–Crippen MR) is 107 cm³/mol. The van der Waals surface area contributed by atoms with Crippen molar-refractivity contribution in [2.24, 2.45) is 0 Å². The lowest BCUT2D eigenvalue weighted by atomic mass is 10.2. The normalized spacial score (nSPS) is 10.5. The number of halogens is 3. The number of hydrogen-bond donors (Lipinski definition) is 2. The molecule has 0 radical (unpaired) electrons. The molecular formula is C17H13BrClFN4S. The van der Waals surface area contributed by atoms with Gasteiger partial charge in [0.25, 0.3) is 0 Å². The van der Waals surface area contributed by atoms with E-state index in [2.05, 4.69) is 31.7 Å². The minimum atomic E-state index is -0.335. The molecule has 0 saturated heterocycles. The molecule has 3 aromatic rings. The molecule has 1 aromatic heterocycles.